The number of nitrogens with one attached hydrogen (secondary N) is 3. The molecule has 212 valence electrons. The van der Waals surface area contributed by atoms with Crippen molar-refractivity contribution in [2.45, 2.75) is 107 Å². The summed E-state index contributed by atoms with van der Waals surface area (Å²) in [6.45, 7) is 17.4. The molecule has 0 atom stereocenters. The van der Waals surface area contributed by atoms with Gasteiger partial charge in [0, 0.05) is 34.8 Å². The molecule has 1 aromatic carbocycles. The number of amides is 3. The van der Waals surface area contributed by atoms with E-state index in [-0.39, 0.29) is 46.3 Å². The van der Waals surface area contributed by atoms with Crippen molar-refractivity contribution in [3.05, 3.63) is 18.2 Å². The van der Waals surface area contributed by atoms with Gasteiger partial charge in [0.2, 0.25) is 17.7 Å². The summed E-state index contributed by atoms with van der Waals surface area (Å²) < 4.78 is 0. The molecule has 3 N–H and O–H groups in total. The average molecular weight is 526 g/mol. The molecule has 2 aliphatic carbocycles. The standard InChI is InChI=1S/C32H51N3O3/c1-20(2)28(36)33-25-17-26(34-29(37)21-9-13-23(14-10-21)31(3,4)5)19-27(18-25)35-30(38)22-11-15-24(16-12-22)32(6,7)8/h17-24H,9-16H2,1-8H3,(H,33,36)(H,34,37)(H,35,38). The highest BCUT2D eigenvalue weighted by molar-refractivity contribution is 5.99. The normalized spacial score (nSPS) is 24.6. The first-order chi connectivity index (χ1) is 17.6. The molecule has 38 heavy (non-hydrogen) atoms. The Morgan fingerprint density at radius 1 is 0.605 bits per heavy atom. The van der Waals surface area contributed by atoms with E-state index in [1.54, 1.807) is 12.1 Å². The van der Waals surface area contributed by atoms with Gasteiger partial charge >= 0.3 is 0 Å². The Morgan fingerprint density at radius 2 is 0.921 bits per heavy atom. The van der Waals surface area contributed by atoms with E-state index in [1.165, 1.54) is 0 Å². The predicted octanol–water partition coefficient (Wildman–Crippen LogP) is 7.86. The number of rotatable bonds is 6. The van der Waals surface area contributed by atoms with E-state index in [1.807, 2.05) is 19.9 Å². The summed E-state index contributed by atoms with van der Waals surface area (Å²) in [7, 11) is 0. The van der Waals surface area contributed by atoms with Crippen LogP contribution in [0.15, 0.2) is 18.2 Å². The first-order valence-electron chi connectivity index (χ1n) is 14.7. The lowest BCUT2D eigenvalue weighted by Gasteiger charge is -2.36. The molecule has 0 saturated heterocycles. The van der Waals surface area contributed by atoms with Crippen LogP contribution in [0.3, 0.4) is 0 Å². The van der Waals surface area contributed by atoms with Gasteiger partial charge in [-0.15, -0.1) is 0 Å². The Kier molecular flexibility index (Phi) is 9.70. The highest BCUT2D eigenvalue weighted by Crippen LogP contribution is 2.41. The van der Waals surface area contributed by atoms with Gasteiger partial charge in [0.05, 0.1) is 0 Å². The van der Waals surface area contributed by atoms with E-state index < -0.39 is 0 Å². The molecule has 0 aliphatic heterocycles. The Balaban J connectivity index is 1.70. The predicted molar refractivity (Wildman–Crippen MR) is 157 cm³/mol. The molecule has 0 radical (unpaired) electrons. The van der Waals surface area contributed by atoms with Crippen molar-refractivity contribution >= 4 is 34.8 Å². The van der Waals surface area contributed by atoms with E-state index in [2.05, 4.69) is 57.5 Å². The van der Waals surface area contributed by atoms with Crippen molar-refractivity contribution in [2.24, 2.45) is 40.4 Å². The van der Waals surface area contributed by atoms with Crippen molar-refractivity contribution in [1.29, 1.82) is 0 Å². The minimum absolute atomic E-state index is 0.0152. The monoisotopic (exact) mass is 525 g/mol. The van der Waals surface area contributed by atoms with Crippen molar-refractivity contribution in [3.63, 3.8) is 0 Å². The number of hydrogen-bond donors (Lipinski definition) is 3. The van der Waals surface area contributed by atoms with Crippen LogP contribution in [-0.4, -0.2) is 17.7 Å². The van der Waals surface area contributed by atoms with Crippen LogP contribution in [0.1, 0.15) is 107 Å². The minimum atomic E-state index is -0.178. The molecule has 0 bridgehead atoms. The van der Waals surface area contributed by atoms with Gasteiger partial charge < -0.3 is 16.0 Å². The van der Waals surface area contributed by atoms with Crippen molar-refractivity contribution in [2.75, 3.05) is 16.0 Å². The Hall–Kier alpha value is -2.37. The Morgan fingerprint density at radius 3 is 1.21 bits per heavy atom. The molecular formula is C32H51N3O3. The summed E-state index contributed by atoms with van der Waals surface area (Å²) in [6, 6.07) is 5.37. The van der Waals surface area contributed by atoms with Gasteiger partial charge in [-0.25, -0.2) is 0 Å². The van der Waals surface area contributed by atoms with Crippen LogP contribution in [0.5, 0.6) is 0 Å². The number of hydrogen-bond acceptors (Lipinski definition) is 3. The molecule has 1 aromatic rings. The second kappa shape index (κ2) is 12.2. The fourth-order valence-electron chi connectivity index (χ4n) is 6.06. The number of anilines is 3. The third-order valence-electron chi connectivity index (χ3n) is 8.91. The maximum atomic E-state index is 13.2. The van der Waals surface area contributed by atoms with Crippen molar-refractivity contribution in [3.8, 4) is 0 Å². The Bertz CT molecular complexity index is 920. The summed E-state index contributed by atoms with van der Waals surface area (Å²) in [5.41, 5.74) is 2.31. The summed E-state index contributed by atoms with van der Waals surface area (Å²) in [6.07, 6.45) is 7.79. The van der Waals surface area contributed by atoms with Crippen LogP contribution in [-0.2, 0) is 14.4 Å². The van der Waals surface area contributed by atoms with Gasteiger partial charge in [-0.05, 0) is 92.2 Å². The molecule has 2 saturated carbocycles. The van der Waals surface area contributed by atoms with Crippen molar-refractivity contribution in [1.82, 2.24) is 0 Å². The highest BCUT2D eigenvalue weighted by Gasteiger charge is 2.33. The van der Waals surface area contributed by atoms with Gasteiger partial charge in [-0.1, -0.05) is 55.4 Å². The van der Waals surface area contributed by atoms with Gasteiger partial charge in [0.1, 0.15) is 0 Å². The number of carbonyl (C=O) groups is 3. The fraction of sp³-hybridized carbons (Fsp3) is 0.719. The molecule has 3 rings (SSSR count). The topological polar surface area (TPSA) is 87.3 Å². The largest absolute Gasteiger partial charge is 0.326 e. The van der Waals surface area contributed by atoms with E-state index in [4.69, 9.17) is 0 Å². The lowest BCUT2D eigenvalue weighted by molar-refractivity contribution is -0.122. The molecule has 2 aliphatic rings. The third kappa shape index (κ3) is 8.31. The number of carbonyl (C=O) groups excluding carboxylic acids is 3. The minimum Gasteiger partial charge on any atom is -0.326 e. The quantitative estimate of drug-likeness (QED) is 0.353. The lowest BCUT2D eigenvalue weighted by atomic mass is 9.69. The van der Waals surface area contributed by atoms with E-state index in [0.29, 0.717) is 28.9 Å². The van der Waals surface area contributed by atoms with Crippen LogP contribution in [0.25, 0.3) is 0 Å². The zero-order valence-corrected chi connectivity index (χ0v) is 25.0. The molecule has 6 nitrogen and oxygen atoms in total. The molecular weight excluding hydrogens is 474 g/mol. The molecule has 3 amide bonds. The first-order valence-corrected chi connectivity index (χ1v) is 14.7. The second-order valence-corrected chi connectivity index (χ2v) is 14.3. The molecule has 2 fully saturated rings. The molecule has 0 heterocycles. The second-order valence-electron chi connectivity index (χ2n) is 14.3. The maximum absolute atomic E-state index is 13.2. The lowest BCUT2D eigenvalue weighted by Crippen LogP contribution is -2.32. The summed E-state index contributed by atoms with van der Waals surface area (Å²) in [5, 5.41) is 9.10. The van der Waals surface area contributed by atoms with Crippen molar-refractivity contribution < 1.29 is 14.4 Å². The fourth-order valence-corrected chi connectivity index (χ4v) is 6.06. The molecule has 0 spiro atoms. The molecule has 6 heteroatoms. The van der Waals surface area contributed by atoms with E-state index in [0.717, 1.165) is 51.4 Å². The molecule has 0 aromatic heterocycles. The van der Waals surface area contributed by atoms with Crippen LogP contribution >= 0.6 is 0 Å². The van der Waals surface area contributed by atoms with Crippen LogP contribution in [0.4, 0.5) is 17.1 Å². The maximum Gasteiger partial charge on any atom is 0.227 e. The third-order valence-corrected chi connectivity index (χ3v) is 8.91. The van der Waals surface area contributed by atoms with E-state index in [9.17, 15) is 14.4 Å². The van der Waals surface area contributed by atoms with Crippen LogP contribution in [0, 0.1) is 40.4 Å². The van der Waals surface area contributed by atoms with Gasteiger partial charge in [-0.2, -0.15) is 0 Å². The zero-order valence-electron chi connectivity index (χ0n) is 25.0. The van der Waals surface area contributed by atoms with Gasteiger partial charge in [-0.3, -0.25) is 14.4 Å². The molecule has 0 unspecified atom stereocenters. The Labute approximate surface area is 230 Å². The van der Waals surface area contributed by atoms with Gasteiger partial charge in [0.25, 0.3) is 0 Å². The summed E-state index contributed by atoms with van der Waals surface area (Å²) in [5.74, 6) is 0.999. The smallest absolute Gasteiger partial charge is 0.227 e. The first kappa shape index (κ1) is 30.2. The SMILES string of the molecule is CC(C)C(=O)Nc1cc(NC(=O)C2CCC(C(C)(C)C)CC2)cc(NC(=O)C2CCC(C(C)(C)C)CC2)c1. The highest BCUT2D eigenvalue weighted by atomic mass is 16.2. The summed E-state index contributed by atoms with van der Waals surface area (Å²) in [4.78, 5) is 38.8. The van der Waals surface area contributed by atoms with E-state index >= 15 is 0 Å². The van der Waals surface area contributed by atoms with Crippen LogP contribution in [0.2, 0.25) is 0 Å². The van der Waals surface area contributed by atoms with Crippen LogP contribution < -0.4 is 16.0 Å². The zero-order chi connectivity index (χ0) is 28.3. The summed E-state index contributed by atoms with van der Waals surface area (Å²) >= 11 is 0. The average Bonchev–Trinajstić information content (AvgIpc) is 2.83. The number of benzene rings is 1. The van der Waals surface area contributed by atoms with Gasteiger partial charge in [0.15, 0.2) is 0 Å².